The number of aryl methyl sites for hydroxylation is 1. The number of nitrogens with zero attached hydrogens (tertiary/aromatic N) is 4. The highest BCUT2D eigenvalue weighted by atomic mass is 16.5. The van der Waals surface area contributed by atoms with Gasteiger partial charge in [0.2, 0.25) is 0 Å². The molecule has 0 unspecified atom stereocenters. The van der Waals surface area contributed by atoms with Gasteiger partial charge in [-0.1, -0.05) is 0 Å². The predicted octanol–water partition coefficient (Wildman–Crippen LogP) is 2.67. The van der Waals surface area contributed by atoms with Gasteiger partial charge in [-0.3, -0.25) is 9.48 Å². The zero-order valence-electron chi connectivity index (χ0n) is 18.8. The summed E-state index contributed by atoms with van der Waals surface area (Å²) in [5.74, 6) is 0.565. The number of ether oxygens (including phenoxy) is 2. The SMILES string of the molecule is CC(=O)O.COc1ccc(-c2cc(-c3cc4n(n3)CCCNC4)c(C#N)c(N)n2)cc1OC. The molecule has 0 aliphatic carbocycles. The van der Waals surface area contributed by atoms with E-state index in [4.69, 9.17) is 30.2 Å². The Balaban J connectivity index is 0.000000709. The van der Waals surface area contributed by atoms with E-state index in [0.717, 1.165) is 49.9 Å². The smallest absolute Gasteiger partial charge is 0.300 e. The Bertz CT molecular complexity index is 1170. The van der Waals surface area contributed by atoms with Crippen LogP contribution in [-0.4, -0.2) is 46.6 Å². The minimum atomic E-state index is -0.833. The van der Waals surface area contributed by atoms with Crippen molar-refractivity contribution in [2.24, 2.45) is 0 Å². The predicted molar refractivity (Wildman–Crippen MR) is 123 cm³/mol. The molecule has 3 aromatic rings. The van der Waals surface area contributed by atoms with Crippen LogP contribution < -0.4 is 20.5 Å². The lowest BCUT2D eigenvalue weighted by atomic mass is 10.0. The van der Waals surface area contributed by atoms with Crippen molar-refractivity contribution in [2.75, 3.05) is 26.5 Å². The number of rotatable bonds is 4. The molecule has 10 heteroatoms. The number of carbonyl (C=O) groups is 1. The Morgan fingerprint density at radius 2 is 1.94 bits per heavy atom. The fourth-order valence-corrected chi connectivity index (χ4v) is 3.52. The summed E-state index contributed by atoms with van der Waals surface area (Å²) >= 11 is 0. The second kappa shape index (κ2) is 10.5. The highest BCUT2D eigenvalue weighted by molar-refractivity contribution is 5.79. The number of benzene rings is 1. The average Bonchev–Trinajstić information content (AvgIpc) is 3.07. The fourth-order valence-electron chi connectivity index (χ4n) is 3.52. The molecule has 0 atom stereocenters. The van der Waals surface area contributed by atoms with Gasteiger partial charge in [0, 0.05) is 31.1 Å². The number of pyridine rings is 1. The monoisotopic (exact) mass is 450 g/mol. The molecular formula is C23H26N6O4. The van der Waals surface area contributed by atoms with E-state index in [1.165, 1.54) is 0 Å². The lowest BCUT2D eigenvalue weighted by Crippen LogP contribution is -2.11. The minimum Gasteiger partial charge on any atom is -0.493 e. The molecule has 0 bridgehead atoms. The maximum absolute atomic E-state index is 9.67. The van der Waals surface area contributed by atoms with Gasteiger partial charge in [0.15, 0.2) is 11.5 Å². The molecule has 3 heterocycles. The summed E-state index contributed by atoms with van der Waals surface area (Å²) < 4.78 is 12.7. The van der Waals surface area contributed by atoms with E-state index in [0.29, 0.717) is 28.3 Å². The Labute approximate surface area is 191 Å². The maximum Gasteiger partial charge on any atom is 0.300 e. The molecule has 4 rings (SSSR count). The zero-order chi connectivity index (χ0) is 24.0. The Morgan fingerprint density at radius 3 is 2.61 bits per heavy atom. The van der Waals surface area contributed by atoms with Crippen LogP contribution in [0.25, 0.3) is 22.5 Å². The van der Waals surface area contributed by atoms with Gasteiger partial charge in [0.1, 0.15) is 17.5 Å². The molecule has 172 valence electrons. The van der Waals surface area contributed by atoms with Crippen molar-refractivity contribution in [1.82, 2.24) is 20.1 Å². The first kappa shape index (κ1) is 23.6. The second-order valence-electron chi connectivity index (χ2n) is 7.29. The highest BCUT2D eigenvalue weighted by Crippen LogP contribution is 2.35. The van der Waals surface area contributed by atoms with E-state index in [-0.39, 0.29) is 5.82 Å². The van der Waals surface area contributed by atoms with Crippen LogP contribution >= 0.6 is 0 Å². The molecule has 1 aliphatic rings. The third-order valence-corrected chi connectivity index (χ3v) is 5.01. The van der Waals surface area contributed by atoms with Gasteiger partial charge in [0.25, 0.3) is 5.97 Å². The van der Waals surface area contributed by atoms with Gasteiger partial charge < -0.3 is 25.6 Å². The zero-order valence-corrected chi connectivity index (χ0v) is 18.8. The van der Waals surface area contributed by atoms with Crippen LogP contribution in [-0.2, 0) is 17.9 Å². The van der Waals surface area contributed by atoms with Gasteiger partial charge in [-0.2, -0.15) is 10.4 Å². The number of nitrogens with one attached hydrogen (secondary N) is 1. The van der Waals surface area contributed by atoms with E-state index in [1.807, 2.05) is 35.0 Å². The second-order valence-corrected chi connectivity index (χ2v) is 7.29. The number of aliphatic carboxylic acids is 1. The third-order valence-electron chi connectivity index (χ3n) is 5.01. The van der Waals surface area contributed by atoms with Crippen molar-refractivity contribution < 1.29 is 19.4 Å². The largest absolute Gasteiger partial charge is 0.493 e. The number of nitriles is 1. The number of carboxylic acids is 1. The first-order valence-electron chi connectivity index (χ1n) is 10.3. The van der Waals surface area contributed by atoms with Crippen LogP contribution in [0.1, 0.15) is 24.6 Å². The molecule has 0 saturated carbocycles. The molecule has 1 aliphatic heterocycles. The summed E-state index contributed by atoms with van der Waals surface area (Å²) in [6.45, 7) is 3.64. The van der Waals surface area contributed by atoms with Crippen molar-refractivity contribution >= 4 is 11.8 Å². The number of nitrogen functional groups attached to an aromatic ring is 1. The summed E-state index contributed by atoms with van der Waals surface area (Å²) in [5.41, 5.74) is 10.4. The van der Waals surface area contributed by atoms with E-state index in [1.54, 1.807) is 14.2 Å². The number of carboxylic acid groups (broad SMARTS) is 1. The Kier molecular flexibility index (Phi) is 7.48. The molecule has 2 aromatic heterocycles. The van der Waals surface area contributed by atoms with Crippen molar-refractivity contribution in [3.63, 3.8) is 0 Å². The summed E-state index contributed by atoms with van der Waals surface area (Å²) in [4.78, 5) is 13.4. The number of aromatic nitrogens is 3. The number of fused-ring (bicyclic) bond motifs is 1. The van der Waals surface area contributed by atoms with Gasteiger partial charge in [-0.25, -0.2) is 4.98 Å². The fraction of sp³-hybridized carbons (Fsp3) is 0.304. The summed E-state index contributed by atoms with van der Waals surface area (Å²) in [6.07, 6.45) is 1.01. The van der Waals surface area contributed by atoms with Crippen LogP contribution in [0.4, 0.5) is 5.82 Å². The van der Waals surface area contributed by atoms with Gasteiger partial charge in [-0.05, 0) is 43.3 Å². The number of hydrogen-bond acceptors (Lipinski definition) is 8. The molecule has 0 amide bonds. The van der Waals surface area contributed by atoms with E-state index >= 15 is 0 Å². The van der Waals surface area contributed by atoms with Crippen molar-refractivity contribution in [1.29, 1.82) is 5.26 Å². The third kappa shape index (κ3) is 5.39. The van der Waals surface area contributed by atoms with Crippen molar-refractivity contribution in [3.8, 4) is 40.1 Å². The standard InChI is InChI=1S/C21H22N6O2.C2H4O2/c1-28-19-5-4-13(8-20(19)29-2)17-10-15(16(11-22)21(23)25-17)18-9-14-12-24-6-3-7-27(14)26-18;1-2(3)4/h4-5,8-10,24H,3,6-7,12H2,1-2H3,(H2,23,25);1H3,(H,3,4). The molecule has 0 saturated heterocycles. The van der Waals surface area contributed by atoms with Gasteiger partial charge >= 0.3 is 0 Å². The van der Waals surface area contributed by atoms with Gasteiger partial charge in [0.05, 0.1) is 31.3 Å². The van der Waals surface area contributed by atoms with Crippen LogP contribution in [0.3, 0.4) is 0 Å². The van der Waals surface area contributed by atoms with Crippen LogP contribution in [0, 0.1) is 11.3 Å². The topological polar surface area (TPSA) is 148 Å². The molecule has 0 fully saturated rings. The molecule has 0 radical (unpaired) electrons. The molecule has 33 heavy (non-hydrogen) atoms. The van der Waals surface area contributed by atoms with Gasteiger partial charge in [-0.15, -0.1) is 0 Å². The Morgan fingerprint density at radius 1 is 1.21 bits per heavy atom. The highest BCUT2D eigenvalue weighted by Gasteiger charge is 2.19. The number of methoxy groups -OCH3 is 2. The quantitative estimate of drug-likeness (QED) is 0.545. The molecule has 1 aromatic carbocycles. The molecule has 10 nitrogen and oxygen atoms in total. The summed E-state index contributed by atoms with van der Waals surface area (Å²) in [7, 11) is 3.17. The number of hydrogen-bond donors (Lipinski definition) is 3. The van der Waals surface area contributed by atoms with Crippen molar-refractivity contribution in [2.45, 2.75) is 26.4 Å². The molecular weight excluding hydrogens is 424 g/mol. The summed E-state index contributed by atoms with van der Waals surface area (Å²) in [5, 5.41) is 25.2. The van der Waals surface area contributed by atoms with E-state index in [2.05, 4.69) is 16.4 Å². The van der Waals surface area contributed by atoms with E-state index < -0.39 is 5.97 Å². The first-order valence-corrected chi connectivity index (χ1v) is 10.3. The lowest BCUT2D eigenvalue weighted by molar-refractivity contribution is -0.134. The lowest BCUT2D eigenvalue weighted by Gasteiger charge is -2.11. The summed E-state index contributed by atoms with van der Waals surface area (Å²) in [6, 6.07) is 11.6. The molecule has 4 N–H and O–H groups in total. The normalized spacial score (nSPS) is 12.4. The van der Waals surface area contributed by atoms with Crippen LogP contribution in [0.2, 0.25) is 0 Å². The minimum absolute atomic E-state index is 0.177. The molecule has 0 spiro atoms. The van der Waals surface area contributed by atoms with Crippen LogP contribution in [0.15, 0.2) is 30.3 Å². The average molecular weight is 450 g/mol. The van der Waals surface area contributed by atoms with Crippen LogP contribution in [0.5, 0.6) is 11.5 Å². The van der Waals surface area contributed by atoms with E-state index in [9.17, 15) is 5.26 Å². The maximum atomic E-state index is 9.67. The van der Waals surface area contributed by atoms with Crippen molar-refractivity contribution in [3.05, 3.63) is 41.6 Å². The number of anilines is 1. The Hall–Kier alpha value is -4.10. The number of nitrogens with two attached hydrogens (primary N) is 1. The first-order chi connectivity index (χ1) is 15.9.